The second-order valence-corrected chi connectivity index (χ2v) is 5.05. The maximum Gasteiger partial charge on any atom is 0.416 e. The van der Waals surface area contributed by atoms with Crippen LogP contribution in [0.15, 0.2) is 42.5 Å². The molecule has 0 aliphatic carbocycles. The van der Waals surface area contributed by atoms with E-state index in [1.54, 1.807) is 7.11 Å². The Hall–Kier alpha value is -2.17. The molecule has 22 heavy (non-hydrogen) atoms. The van der Waals surface area contributed by atoms with Crippen LogP contribution in [0.5, 0.6) is 5.75 Å². The van der Waals surface area contributed by atoms with Crippen LogP contribution < -0.4 is 10.1 Å². The molecule has 0 spiro atoms. The largest absolute Gasteiger partial charge is 0.497 e. The second kappa shape index (κ2) is 6.73. The third-order valence-electron chi connectivity index (χ3n) is 3.46. The predicted molar refractivity (Wildman–Crippen MR) is 81.4 cm³/mol. The van der Waals surface area contributed by atoms with E-state index in [0.717, 1.165) is 34.7 Å². The standard InChI is InChI=1S/C17H18F3NO/c1-12-3-8-15(22-2)11-16(12)21-10-9-13-4-6-14(7-5-13)17(18,19)20/h3-8,11,21H,9-10H2,1-2H3. The van der Waals surface area contributed by atoms with E-state index in [1.165, 1.54) is 12.1 Å². The smallest absolute Gasteiger partial charge is 0.416 e. The number of alkyl halides is 3. The number of benzene rings is 2. The number of anilines is 1. The lowest BCUT2D eigenvalue weighted by Crippen LogP contribution is -2.07. The number of methoxy groups -OCH3 is 1. The summed E-state index contributed by atoms with van der Waals surface area (Å²) < 4.78 is 42.6. The van der Waals surface area contributed by atoms with Crippen molar-refractivity contribution in [3.63, 3.8) is 0 Å². The first-order chi connectivity index (χ1) is 10.4. The highest BCUT2D eigenvalue weighted by Gasteiger charge is 2.29. The molecule has 0 saturated heterocycles. The normalized spacial score (nSPS) is 11.3. The Bertz CT molecular complexity index is 621. The van der Waals surface area contributed by atoms with E-state index in [9.17, 15) is 13.2 Å². The van der Waals surface area contributed by atoms with Gasteiger partial charge in [-0.05, 0) is 42.7 Å². The molecule has 2 nitrogen and oxygen atoms in total. The highest BCUT2D eigenvalue weighted by Crippen LogP contribution is 2.29. The van der Waals surface area contributed by atoms with E-state index < -0.39 is 11.7 Å². The quantitative estimate of drug-likeness (QED) is 0.866. The Morgan fingerprint density at radius 1 is 1.05 bits per heavy atom. The molecule has 1 N–H and O–H groups in total. The van der Waals surface area contributed by atoms with Crippen LogP contribution in [-0.4, -0.2) is 13.7 Å². The van der Waals surface area contributed by atoms with E-state index >= 15 is 0 Å². The molecule has 0 aliphatic rings. The van der Waals surface area contributed by atoms with Gasteiger partial charge in [0.25, 0.3) is 0 Å². The zero-order valence-corrected chi connectivity index (χ0v) is 12.5. The summed E-state index contributed by atoms with van der Waals surface area (Å²) in [6, 6.07) is 11.0. The summed E-state index contributed by atoms with van der Waals surface area (Å²) >= 11 is 0. The lowest BCUT2D eigenvalue weighted by atomic mass is 10.1. The Kier molecular flexibility index (Phi) is 4.96. The predicted octanol–water partition coefficient (Wildman–Crippen LogP) is 4.68. The first kappa shape index (κ1) is 16.2. The average Bonchev–Trinajstić information content (AvgIpc) is 2.49. The molecule has 0 aromatic heterocycles. The number of aryl methyl sites for hydroxylation is 1. The van der Waals surface area contributed by atoms with E-state index in [2.05, 4.69) is 5.32 Å². The number of ether oxygens (including phenoxy) is 1. The molecule has 5 heteroatoms. The number of nitrogens with one attached hydrogen (secondary N) is 1. The molecule has 0 fully saturated rings. The third-order valence-corrected chi connectivity index (χ3v) is 3.46. The van der Waals surface area contributed by atoms with Crippen molar-refractivity contribution in [3.05, 3.63) is 59.2 Å². The molecule has 0 amide bonds. The van der Waals surface area contributed by atoms with E-state index in [0.29, 0.717) is 13.0 Å². The van der Waals surface area contributed by atoms with Crippen molar-refractivity contribution in [2.45, 2.75) is 19.5 Å². The molecule has 0 bridgehead atoms. The van der Waals surface area contributed by atoms with Crippen molar-refractivity contribution in [1.29, 1.82) is 0 Å². The summed E-state index contributed by atoms with van der Waals surface area (Å²) in [5.74, 6) is 0.766. The average molecular weight is 309 g/mol. The third kappa shape index (κ3) is 4.16. The Morgan fingerprint density at radius 2 is 1.73 bits per heavy atom. The molecular formula is C17H18F3NO. The van der Waals surface area contributed by atoms with Crippen LogP contribution in [0.3, 0.4) is 0 Å². The van der Waals surface area contributed by atoms with Crippen molar-refractivity contribution in [1.82, 2.24) is 0 Å². The molecule has 2 aromatic carbocycles. The fraction of sp³-hybridized carbons (Fsp3) is 0.294. The van der Waals surface area contributed by atoms with Crippen molar-refractivity contribution >= 4 is 5.69 Å². The van der Waals surface area contributed by atoms with Gasteiger partial charge in [-0.3, -0.25) is 0 Å². The lowest BCUT2D eigenvalue weighted by molar-refractivity contribution is -0.137. The fourth-order valence-corrected chi connectivity index (χ4v) is 2.12. The lowest BCUT2D eigenvalue weighted by Gasteiger charge is -2.12. The zero-order valence-electron chi connectivity index (χ0n) is 12.5. The van der Waals surface area contributed by atoms with Gasteiger partial charge >= 0.3 is 6.18 Å². The molecule has 0 aliphatic heterocycles. The number of halogens is 3. The van der Waals surface area contributed by atoms with E-state index in [4.69, 9.17) is 4.74 Å². The summed E-state index contributed by atoms with van der Waals surface area (Å²) in [4.78, 5) is 0. The van der Waals surface area contributed by atoms with Crippen LogP contribution in [0, 0.1) is 6.92 Å². The Balaban J connectivity index is 1.94. The van der Waals surface area contributed by atoms with Gasteiger partial charge in [0.05, 0.1) is 12.7 Å². The van der Waals surface area contributed by atoms with Crippen LogP contribution in [0.4, 0.5) is 18.9 Å². The van der Waals surface area contributed by atoms with Gasteiger partial charge in [0, 0.05) is 18.3 Å². The van der Waals surface area contributed by atoms with Crippen molar-refractivity contribution in [2.24, 2.45) is 0 Å². The molecule has 2 rings (SSSR count). The first-order valence-electron chi connectivity index (χ1n) is 6.95. The second-order valence-electron chi connectivity index (χ2n) is 5.05. The van der Waals surface area contributed by atoms with Crippen LogP contribution >= 0.6 is 0 Å². The minimum Gasteiger partial charge on any atom is -0.497 e. The SMILES string of the molecule is COc1ccc(C)c(NCCc2ccc(C(F)(F)F)cc2)c1. The van der Waals surface area contributed by atoms with E-state index in [1.807, 2.05) is 25.1 Å². The summed E-state index contributed by atoms with van der Waals surface area (Å²) in [5, 5.41) is 3.28. The maximum absolute atomic E-state index is 12.5. The van der Waals surface area contributed by atoms with Crippen LogP contribution in [0.25, 0.3) is 0 Å². The summed E-state index contributed by atoms with van der Waals surface area (Å²) in [6.07, 6.45) is -3.64. The van der Waals surface area contributed by atoms with E-state index in [-0.39, 0.29) is 0 Å². The van der Waals surface area contributed by atoms with Crippen LogP contribution in [-0.2, 0) is 12.6 Å². The number of rotatable bonds is 5. The van der Waals surface area contributed by atoms with Gasteiger partial charge in [-0.1, -0.05) is 18.2 Å². The maximum atomic E-state index is 12.5. The van der Waals surface area contributed by atoms with Crippen molar-refractivity contribution in [2.75, 3.05) is 19.0 Å². The van der Waals surface area contributed by atoms with Gasteiger partial charge in [0.2, 0.25) is 0 Å². The van der Waals surface area contributed by atoms with Crippen LogP contribution in [0.1, 0.15) is 16.7 Å². The van der Waals surface area contributed by atoms with Gasteiger partial charge < -0.3 is 10.1 Å². The molecular weight excluding hydrogens is 291 g/mol. The highest BCUT2D eigenvalue weighted by atomic mass is 19.4. The minimum absolute atomic E-state index is 0.618. The minimum atomic E-state index is -4.28. The fourth-order valence-electron chi connectivity index (χ4n) is 2.12. The molecule has 0 atom stereocenters. The molecule has 0 radical (unpaired) electrons. The monoisotopic (exact) mass is 309 g/mol. The van der Waals surface area contributed by atoms with Crippen molar-refractivity contribution < 1.29 is 17.9 Å². The van der Waals surface area contributed by atoms with Gasteiger partial charge in [-0.2, -0.15) is 13.2 Å². The zero-order chi connectivity index (χ0) is 16.2. The Labute approximate surface area is 127 Å². The number of hydrogen-bond donors (Lipinski definition) is 1. The van der Waals surface area contributed by atoms with Gasteiger partial charge in [-0.25, -0.2) is 0 Å². The first-order valence-corrected chi connectivity index (χ1v) is 6.95. The topological polar surface area (TPSA) is 21.3 Å². The molecule has 0 unspecified atom stereocenters. The summed E-state index contributed by atoms with van der Waals surface area (Å²) in [7, 11) is 1.61. The Morgan fingerprint density at radius 3 is 2.32 bits per heavy atom. The molecule has 0 saturated carbocycles. The van der Waals surface area contributed by atoms with Crippen molar-refractivity contribution in [3.8, 4) is 5.75 Å². The highest BCUT2D eigenvalue weighted by molar-refractivity contribution is 5.54. The van der Waals surface area contributed by atoms with Gasteiger partial charge in [-0.15, -0.1) is 0 Å². The molecule has 118 valence electrons. The van der Waals surface area contributed by atoms with Crippen LogP contribution in [0.2, 0.25) is 0 Å². The molecule has 2 aromatic rings. The van der Waals surface area contributed by atoms with Gasteiger partial charge in [0.15, 0.2) is 0 Å². The number of hydrogen-bond acceptors (Lipinski definition) is 2. The van der Waals surface area contributed by atoms with Gasteiger partial charge in [0.1, 0.15) is 5.75 Å². The summed E-state index contributed by atoms with van der Waals surface area (Å²) in [5.41, 5.74) is 2.30. The summed E-state index contributed by atoms with van der Waals surface area (Å²) in [6.45, 7) is 2.62. The molecule has 0 heterocycles.